The Morgan fingerprint density at radius 2 is 1.94 bits per heavy atom. The van der Waals surface area contributed by atoms with E-state index >= 15 is 0 Å². The fourth-order valence-corrected chi connectivity index (χ4v) is 1.62. The number of nitrogens with two attached hydrogens (primary N) is 1. The van der Waals surface area contributed by atoms with Crippen molar-refractivity contribution >= 4 is 12.0 Å². The molecule has 4 nitrogen and oxygen atoms in total. The Kier molecular flexibility index (Phi) is 3.35. The molecule has 17 heavy (non-hydrogen) atoms. The van der Waals surface area contributed by atoms with Gasteiger partial charge in [0.15, 0.2) is 0 Å². The van der Waals surface area contributed by atoms with E-state index in [0.29, 0.717) is 5.49 Å². The number of hydrogen-bond donors (Lipinski definition) is 3. The number of anilines is 1. The molecule has 0 radical (unpaired) electrons. The maximum atomic E-state index is 6.93. The maximum absolute atomic E-state index is 6.93. The minimum atomic E-state index is 0.688. The van der Waals surface area contributed by atoms with Gasteiger partial charge in [0.2, 0.25) is 0 Å². The minimum Gasteiger partial charge on any atom is -0.399 e. The number of nitrogen functional groups attached to an aromatic ring is 1. The zero-order chi connectivity index (χ0) is 12.1. The first kappa shape index (κ1) is 11.1. The van der Waals surface area contributed by atoms with Crippen molar-refractivity contribution in [2.45, 2.75) is 6.42 Å². The molecule has 0 saturated carbocycles. The van der Waals surface area contributed by atoms with E-state index in [9.17, 15) is 0 Å². The van der Waals surface area contributed by atoms with Crippen LogP contribution in [0.2, 0.25) is 0 Å². The number of aromatic nitrogens is 1. The highest BCUT2D eigenvalue weighted by molar-refractivity contribution is 5.50. The summed E-state index contributed by atoms with van der Waals surface area (Å²) in [6, 6.07) is 11.8. The summed E-state index contributed by atoms with van der Waals surface area (Å²) in [6.07, 6.45) is 3.68. The molecule has 0 aliphatic heterocycles. The van der Waals surface area contributed by atoms with Crippen molar-refractivity contribution in [3.8, 4) is 0 Å². The largest absolute Gasteiger partial charge is 0.399 e. The first-order valence-electron chi connectivity index (χ1n) is 5.33. The highest BCUT2D eigenvalue weighted by Crippen LogP contribution is 2.09. The number of nitrogens with zero attached hydrogens (tertiary/aromatic N) is 1. The van der Waals surface area contributed by atoms with Crippen molar-refractivity contribution in [3.63, 3.8) is 0 Å². The molecule has 1 aromatic carbocycles. The Morgan fingerprint density at radius 3 is 2.65 bits per heavy atom. The summed E-state index contributed by atoms with van der Waals surface area (Å²) < 4.78 is 0. The maximum Gasteiger partial charge on any atom is 0.131 e. The number of hydrogen-bond acceptors (Lipinski definition) is 2. The van der Waals surface area contributed by atoms with Crippen LogP contribution in [0.3, 0.4) is 0 Å². The highest BCUT2D eigenvalue weighted by Gasteiger charge is 1.96. The summed E-state index contributed by atoms with van der Waals surface area (Å²) in [5.74, 6) is 0. The van der Waals surface area contributed by atoms with Crippen molar-refractivity contribution in [3.05, 3.63) is 59.2 Å². The summed E-state index contributed by atoms with van der Waals surface area (Å²) in [6.45, 7) is 0. The molecule has 0 fully saturated rings. The molecule has 0 aliphatic carbocycles. The molecule has 0 bridgehead atoms. The molecule has 0 atom stereocenters. The van der Waals surface area contributed by atoms with Gasteiger partial charge in [-0.2, -0.15) is 0 Å². The zero-order valence-corrected chi connectivity index (χ0v) is 9.35. The first-order valence-corrected chi connectivity index (χ1v) is 5.33. The van der Waals surface area contributed by atoms with Gasteiger partial charge in [-0.05, 0) is 41.8 Å². The van der Waals surface area contributed by atoms with Gasteiger partial charge in [-0.3, -0.25) is 5.41 Å². The summed E-state index contributed by atoms with van der Waals surface area (Å²) in [7, 11) is 0. The van der Waals surface area contributed by atoms with Crippen LogP contribution in [-0.2, 0) is 6.42 Å². The van der Waals surface area contributed by atoms with Crippen LogP contribution in [0, 0.1) is 5.41 Å². The predicted molar refractivity (Wildman–Crippen MR) is 68.8 cm³/mol. The molecule has 0 amide bonds. The molecule has 2 rings (SSSR count). The van der Waals surface area contributed by atoms with Crippen LogP contribution in [0.15, 0.2) is 47.6 Å². The fourth-order valence-electron chi connectivity index (χ4n) is 1.62. The highest BCUT2D eigenvalue weighted by atomic mass is 14.8. The number of nitrogens with one attached hydrogen (secondary N) is 2. The van der Waals surface area contributed by atoms with E-state index in [-0.39, 0.29) is 0 Å². The van der Waals surface area contributed by atoms with Gasteiger partial charge in [0.1, 0.15) is 11.8 Å². The normalized spacial score (nSPS) is 11.4. The Hall–Kier alpha value is -2.36. The molecule has 1 aromatic heterocycles. The lowest BCUT2D eigenvalue weighted by Crippen LogP contribution is -2.07. The van der Waals surface area contributed by atoms with Crippen LogP contribution in [0.25, 0.3) is 0 Å². The van der Waals surface area contributed by atoms with E-state index in [4.69, 9.17) is 11.1 Å². The smallest absolute Gasteiger partial charge is 0.131 e. The second kappa shape index (κ2) is 5.12. The molecule has 0 spiro atoms. The third-order valence-electron chi connectivity index (χ3n) is 2.44. The molecule has 4 heteroatoms. The van der Waals surface area contributed by atoms with Gasteiger partial charge in [-0.25, -0.2) is 4.99 Å². The van der Waals surface area contributed by atoms with Crippen LogP contribution in [0.1, 0.15) is 11.1 Å². The van der Waals surface area contributed by atoms with Crippen LogP contribution in [-0.4, -0.2) is 11.3 Å². The summed E-state index contributed by atoms with van der Waals surface area (Å²) >= 11 is 0. The van der Waals surface area contributed by atoms with Gasteiger partial charge in [-0.15, -0.1) is 0 Å². The number of H-pyrrole nitrogens is 1. The van der Waals surface area contributed by atoms with Gasteiger partial charge < -0.3 is 10.7 Å². The molecule has 2 aromatic rings. The predicted octanol–water partition coefficient (Wildman–Crippen LogP) is 1.70. The number of benzene rings is 1. The zero-order valence-electron chi connectivity index (χ0n) is 9.35. The lowest BCUT2D eigenvalue weighted by Gasteiger charge is -2.02. The molecular formula is C13H14N4. The van der Waals surface area contributed by atoms with Gasteiger partial charge >= 0.3 is 0 Å². The van der Waals surface area contributed by atoms with Gasteiger partial charge in [0.25, 0.3) is 0 Å². The monoisotopic (exact) mass is 226 g/mol. The topological polar surface area (TPSA) is 78.0 Å². The molecule has 0 unspecified atom stereocenters. The second-order valence-electron chi connectivity index (χ2n) is 3.76. The number of pyridine rings is 1. The summed E-state index contributed by atoms with van der Waals surface area (Å²) in [4.78, 5) is 6.86. The first-order chi connectivity index (χ1) is 8.28. The molecule has 0 saturated heterocycles. The Morgan fingerprint density at radius 1 is 1.18 bits per heavy atom. The van der Waals surface area contributed by atoms with E-state index in [1.54, 1.807) is 0 Å². The van der Waals surface area contributed by atoms with Crippen molar-refractivity contribution in [2.24, 2.45) is 4.99 Å². The molecule has 1 heterocycles. The molecule has 0 aliphatic rings. The van der Waals surface area contributed by atoms with Crippen LogP contribution in [0.5, 0.6) is 0 Å². The number of rotatable bonds is 3. The van der Waals surface area contributed by atoms with E-state index < -0.39 is 0 Å². The van der Waals surface area contributed by atoms with Crippen molar-refractivity contribution in [1.82, 2.24) is 4.98 Å². The minimum absolute atomic E-state index is 0.688. The lowest BCUT2D eigenvalue weighted by atomic mass is 10.1. The quantitative estimate of drug-likeness (QED) is 0.415. The van der Waals surface area contributed by atoms with Crippen molar-refractivity contribution in [2.75, 3.05) is 5.73 Å². The van der Waals surface area contributed by atoms with E-state index in [1.165, 1.54) is 5.56 Å². The molecule has 86 valence electrons. The van der Waals surface area contributed by atoms with E-state index in [2.05, 4.69) is 9.98 Å². The third-order valence-corrected chi connectivity index (χ3v) is 2.44. The Bertz CT molecular complexity index is 566. The van der Waals surface area contributed by atoms with Crippen molar-refractivity contribution in [1.29, 1.82) is 5.41 Å². The summed E-state index contributed by atoms with van der Waals surface area (Å²) in [5.41, 5.74) is 9.45. The van der Waals surface area contributed by atoms with E-state index in [0.717, 1.165) is 24.0 Å². The lowest BCUT2D eigenvalue weighted by molar-refractivity contribution is 1.10. The number of aromatic amines is 1. The average Bonchev–Trinajstić information content (AvgIpc) is 2.33. The van der Waals surface area contributed by atoms with Gasteiger partial charge in [-0.1, -0.05) is 12.1 Å². The van der Waals surface area contributed by atoms with Crippen LogP contribution >= 0.6 is 0 Å². The fraction of sp³-hybridized carbons (Fsp3) is 0.0769. The summed E-state index contributed by atoms with van der Waals surface area (Å²) in [5, 5.41) is 6.93. The van der Waals surface area contributed by atoms with E-state index in [1.807, 2.05) is 42.6 Å². The second-order valence-corrected chi connectivity index (χ2v) is 3.76. The third kappa shape index (κ3) is 3.04. The molecular weight excluding hydrogens is 212 g/mol. The molecule has 4 N–H and O–H groups in total. The van der Waals surface area contributed by atoms with Gasteiger partial charge in [0.05, 0.1) is 0 Å². The Balaban J connectivity index is 2.24. The standard InChI is InChI=1S/C13H14N4/c14-9-17-13-8-11(5-6-16-13)7-10-1-3-12(15)4-2-10/h1-6,8-9H,7,15H2,(H2,14,16,17). The Labute approximate surface area is 99.4 Å². The van der Waals surface area contributed by atoms with Crippen LogP contribution in [0.4, 0.5) is 5.69 Å². The van der Waals surface area contributed by atoms with Crippen LogP contribution < -0.4 is 11.2 Å². The van der Waals surface area contributed by atoms with Gasteiger partial charge in [0, 0.05) is 11.9 Å². The van der Waals surface area contributed by atoms with Crippen molar-refractivity contribution < 1.29 is 0 Å². The average molecular weight is 226 g/mol. The SMILES string of the molecule is N=C/N=c1/cc(Cc2ccc(N)cc2)cc[nH]1.